The van der Waals surface area contributed by atoms with Crippen LogP contribution in [0.5, 0.6) is 0 Å². The van der Waals surface area contributed by atoms with Crippen molar-refractivity contribution in [3.8, 4) is 0 Å². The number of hydrogen-bond donors (Lipinski definition) is 1. The minimum absolute atomic E-state index is 0.0466. The van der Waals surface area contributed by atoms with Gasteiger partial charge in [-0.15, -0.1) is 0 Å². The number of rotatable bonds is 3. The van der Waals surface area contributed by atoms with Crippen LogP contribution in [-0.4, -0.2) is 59.0 Å². The van der Waals surface area contributed by atoms with E-state index in [9.17, 15) is 23.5 Å². The maximum atomic E-state index is 13.9. The van der Waals surface area contributed by atoms with Crippen molar-refractivity contribution >= 4 is 11.9 Å². The summed E-state index contributed by atoms with van der Waals surface area (Å²) in [6.07, 6.45) is 4.55. The Labute approximate surface area is 150 Å². The minimum Gasteiger partial charge on any atom is -0.481 e. The molecule has 1 amide bonds. The highest BCUT2D eigenvalue weighted by molar-refractivity contribution is 5.95. The van der Waals surface area contributed by atoms with Crippen molar-refractivity contribution in [2.75, 3.05) is 26.2 Å². The predicted molar refractivity (Wildman–Crippen MR) is 89.6 cm³/mol. The molecule has 1 aromatic rings. The van der Waals surface area contributed by atoms with E-state index in [2.05, 4.69) is 4.90 Å². The second-order valence-corrected chi connectivity index (χ2v) is 7.84. The minimum atomic E-state index is -1.01. The van der Waals surface area contributed by atoms with Crippen LogP contribution in [0.1, 0.15) is 36.0 Å². The van der Waals surface area contributed by atoms with Gasteiger partial charge < -0.3 is 10.0 Å². The molecule has 0 radical (unpaired) electrons. The van der Waals surface area contributed by atoms with Crippen molar-refractivity contribution in [2.24, 2.45) is 11.3 Å². The molecule has 0 unspecified atom stereocenters. The lowest BCUT2D eigenvalue weighted by Gasteiger charge is -2.28. The van der Waals surface area contributed by atoms with Gasteiger partial charge in [0.05, 0.1) is 5.56 Å². The first-order chi connectivity index (χ1) is 12.4. The lowest BCUT2D eigenvalue weighted by atomic mass is 9.81. The molecule has 2 atom stereocenters. The Kier molecular flexibility index (Phi) is 4.22. The molecule has 4 rings (SSSR count). The number of amides is 1. The Balaban J connectivity index is 1.55. The number of carboxylic acids is 1. The third kappa shape index (κ3) is 2.69. The second-order valence-electron chi connectivity index (χ2n) is 7.84. The first-order valence-electron chi connectivity index (χ1n) is 9.12. The maximum Gasteiger partial charge on any atom is 0.313 e. The fraction of sp³-hybridized carbons (Fsp3) is 0.579. The van der Waals surface area contributed by atoms with E-state index in [-0.39, 0.29) is 24.6 Å². The Morgan fingerprint density at radius 1 is 1.12 bits per heavy atom. The number of carbonyl (C=O) groups excluding carboxylic acids is 1. The van der Waals surface area contributed by atoms with Crippen molar-refractivity contribution in [3.05, 3.63) is 35.4 Å². The van der Waals surface area contributed by atoms with Crippen LogP contribution >= 0.6 is 0 Å². The molecule has 140 valence electrons. The highest BCUT2D eigenvalue weighted by Gasteiger charge is 2.59. The normalized spacial score (nSPS) is 29.3. The quantitative estimate of drug-likeness (QED) is 0.895. The summed E-state index contributed by atoms with van der Waals surface area (Å²) in [5, 5.41) is 9.90. The fourth-order valence-corrected chi connectivity index (χ4v) is 4.94. The average Bonchev–Trinajstić information content (AvgIpc) is 3.29. The highest BCUT2D eigenvalue weighted by Crippen LogP contribution is 2.45. The molecule has 7 heteroatoms. The topological polar surface area (TPSA) is 60.9 Å². The molecule has 1 saturated carbocycles. The van der Waals surface area contributed by atoms with E-state index >= 15 is 0 Å². The SMILES string of the molecule is O=C(c1cc(F)ccc1F)N1C[C@H]2CN(C3CCCC3)C[C@@]2(C(=O)O)C1. The number of nitrogens with zero attached hydrogens (tertiary/aromatic N) is 2. The molecule has 2 saturated heterocycles. The molecule has 3 aliphatic rings. The monoisotopic (exact) mass is 364 g/mol. The van der Waals surface area contributed by atoms with Crippen LogP contribution in [0, 0.1) is 23.0 Å². The third-order valence-electron chi connectivity index (χ3n) is 6.35. The summed E-state index contributed by atoms with van der Waals surface area (Å²) >= 11 is 0. The van der Waals surface area contributed by atoms with Gasteiger partial charge in [0.25, 0.3) is 5.91 Å². The molecular weight excluding hydrogens is 342 g/mol. The van der Waals surface area contributed by atoms with E-state index in [1.165, 1.54) is 17.7 Å². The van der Waals surface area contributed by atoms with Crippen LogP contribution in [-0.2, 0) is 4.79 Å². The molecule has 1 N–H and O–H groups in total. The van der Waals surface area contributed by atoms with Gasteiger partial charge in [-0.1, -0.05) is 12.8 Å². The summed E-state index contributed by atoms with van der Waals surface area (Å²) in [6.45, 7) is 1.38. The number of carboxylic acid groups (broad SMARTS) is 1. The average molecular weight is 364 g/mol. The van der Waals surface area contributed by atoms with E-state index in [4.69, 9.17) is 0 Å². The van der Waals surface area contributed by atoms with Crippen LogP contribution in [0.3, 0.4) is 0 Å². The Bertz CT molecular complexity index is 750. The number of benzene rings is 1. The Hall–Kier alpha value is -2.02. The maximum absolute atomic E-state index is 13.9. The summed E-state index contributed by atoms with van der Waals surface area (Å²) in [5.41, 5.74) is -1.35. The molecule has 1 aliphatic carbocycles. The van der Waals surface area contributed by atoms with Crippen LogP contribution < -0.4 is 0 Å². The van der Waals surface area contributed by atoms with E-state index in [0.717, 1.165) is 31.0 Å². The zero-order valence-corrected chi connectivity index (χ0v) is 14.5. The smallest absolute Gasteiger partial charge is 0.313 e. The summed E-state index contributed by atoms with van der Waals surface area (Å²) in [6, 6.07) is 3.20. The molecule has 3 fully saturated rings. The zero-order valence-electron chi connectivity index (χ0n) is 14.5. The van der Waals surface area contributed by atoms with Crippen LogP contribution in [0.2, 0.25) is 0 Å². The van der Waals surface area contributed by atoms with E-state index in [1.54, 1.807) is 0 Å². The van der Waals surface area contributed by atoms with Gasteiger partial charge in [-0.3, -0.25) is 14.5 Å². The predicted octanol–water partition coefficient (Wildman–Crippen LogP) is 2.37. The molecule has 0 aromatic heterocycles. The van der Waals surface area contributed by atoms with Gasteiger partial charge in [0, 0.05) is 38.1 Å². The zero-order chi connectivity index (χ0) is 18.5. The van der Waals surface area contributed by atoms with Gasteiger partial charge in [0.15, 0.2) is 0 Å². The van der Waals surface area contributed by atoms with Gasteiger partial charge in [-0.05, 0) is 31.0 Å². The Morgan fingerprint density at radius 3 is 2.50 bits per heavy atom. The summed E-state index contributed by atoms with van der Waals surface area (Å²) in [5.74, 6) is -3.19. The molecule has 2 heterocycles. The van der Waals surface area contributed by atoms with Crippen molar-refractivity contribution < 1.29 is 23.5 Å². The van der Waals surface area contributed by atoms with Crippen LogP contribution in [0.25, 0.3) is 0 Å². The van der Waals surface area contributed by atoms with Gasteiger partial charge in [-0.25, -0.2) is 8.78 Å². The van der Waals surface area contributed by atoms with Crippen LogP contribution in [0.15, 0.2) is 18.2 Å². The van der Waals surface area contributed by atoms with E-state index in [1.807, 2.05) is 0 Å². The lowest BCUT2D eigenvalue weighted by molar-refractivity contribution is -0.148. The highest BCUT2D eigenvalue weighted by atomic mass is 19.1. The molecule has 2 aliphatic heterocycles. The molecule has 1 aromatic carbocycles. The molecular formula is C19H22F2N2O3. The molecule has 0 bridgehead atoms. The van der Waals surface area contributed by atoms with Crippen molar-refractivity contribution in [3.63, 3.8) is 0 Å². The van der Waals surface area contributed by atoms with Gasteiger partial charge >= 0.3 is 5.97 Å². The molecule has 5 nitrogen and oxygen atoms in total. The first kappa shape index (κ1) is 17.4. The Morgan fingerprint density at radius 2 is 1.85 bits per heavy atom. The van der Waals surface area contributed by atoms with Gasteiger partial charge in [0.2, 0.25) is 0 Å². The first-order valence-corrected chi connectivity index (χ1v) is 9.12. The number of hydrogen-bond acceptors (Lipinski definition) is 3. The van der Waals surface area contributed by atoms with Crippen molar-refractivity contribution in [2.45, 2.75) is 31.7 Å². The fourth-order valence-electron chi connectivity index (χ4n) is 4.94. The lowest BCUT2D eigenvalue weighted by Crippen LogP contribution is -2.43. The molecule has 26 heavy (non-hydrogen) atoms. The van der Waals surface area contributed by atoms with E-state index < -0.39 is 28.9 Å². The summed E-state index contributed by atoms with van der Waals surface area (Å²) < 4.78 is 27.4. The van der Waals surface area contributed by atoms with Crippen LogP contribution in [0.4, 0.5) is 8.78 Å². The second kappa shape index (κ2) is 6.30. The van der Waals surface area contributed by atoms with Gasteiger partial charge in [-0.2, -0.15) is 0 Å². The number of fused-ring (bicyclic) bond motifs is 1. The summed E-state index contributed by atoms with van der Waals surface area (Å²) in [4.78, 5) is 28.4. The molecule has 0 spiro atoms. The number of halogens is 2. The van der Waals surface area contributed by atoms with Crippen molar-refractivity contribution in [1.29, 1.82) is 0 Å². The number of aliphatic carboxylic acids is 1. The van der Waals surface area contributed by atoms with Crippen molar-refractivity contribution in [1.82, 2.24) is 9.80 Å². The summed E-state index contributed by atoms with van der Waals surface area (Å²) in [7, 11) is 0. The standard InChI is InChI=1S/C19H22F2N2O3/c20-13-5-6-16(21)15(7-13)17(24)23-9-12-8-22(14-3-1-2-4-14)10-19(12,11-23)18(25)26/h5-7,12,14H,1-4,8-11H2,(H,25,26)/t12-,19-/m1/s1. The van der Waals surface area contributed by atoms with E-state index in [0.29, 0.717) is 19.1 Å². The largest absolute Gasteiger partial charge is 0.481 e. The number of carbonyl (C=O) groups is 2. The number of likely N-dealkylation sites (tertiary alicyclic amines) is 2. The third-order valence-corrected chi connectivity index (χ3v) is 6.35. The van der Waals surface area contributed by atoms with Gasteiger partial charge in [0.1, 0.15) is 17.0 Å².